The summed E-state index contributed by atoms with van der Waals surface area (Å²) in [6.07, 6.45) is 1.74. The Morgan fingerprint density at radius 1 is 1.00 bits per heavy atom. The normalized spacial score (nSPS) is 11.3. The Morgan fingerprint density at radius 2 is 1.71 bits per heavy atom. The van der Waals surface area contributed by atoms with Crippen molar-refractivity contribution >= 4 is 22.9 Å². The van der Waals surface area contributed by atoms with Crippen molar-refractivity contribution in [2.24, 2.45) is 19.2 Å². The van der Waals surface area contributed by atoms with Crippen LogP contribution in [0.3, 0.4) is 0 Å². The summed E-state index contributed by atoms with van der Waals surface area (Å²) < 4.78 is 3.27. The highest BCUT2D eigenvalue weighted by Crippen LogP contribution is 2.13. The molecule has 0 bridgehead atoms. The highest BCUT2D eigenvalue weighted by molar-refractivity contribution is 5.87. The van der Waals surface area contributed by atoms with E-state index in [2.05, 4.69) is 10.5 Å². The van der Waals surface area contributed by atoms with E-state index in [1.807, 2.05) is 48.5 Å². The highest BCUT2D eigenvalue weighted by atomic mass is 16.1. The van der Waals surface area contributed by atoms with Gasteiger partial charge >= 0.3 is 5.69 Å². The average Bonchev–Trinajstić information content (AvgIpc) is 2.73. The van der Waals surface area contributed by atoms with Crippen LogP contribution in [0.2, 0.25) is 0 Å². The average molecular weight is 280 g/mol. The second kappa shape index (κ2) is 5.28. The highest BCUT2D eigenvalue weighted by Gasteiger charge is 2.07. The number of para-hydroxylation sites is 1. The molecule has 0 aliphatic heterocycles. The molecular weight excluding hydrogens is 264 g/mol. The van der Waals surface area contributed by atoms with Gasteiger partial charge in [0.05, 0.1) is 22.9 Å². The first kappa shape index (κ1) is 13.2. The number of imidazole rings is 1. The molecule has 5 heteroatoms. The summed E-state index contributed by atoms with van der Waals surface area (Å²) in [4.78, 5) is 11.9. The predicted molar refractivity (Wildman–Crippen MR) is 85.8 cm³/mol. The van der Waals surface area contributed by atoms with Crippen molar-refractivity contribution in [2.75, 3.05) is 5.43 Å². The van der Waals surface area contributed by atoms with Gasteiger partial charge in [0.15, 0.2) is 0 Å². The van der Waals surface area contributed by atoms with Gasteiger partial charge in [-0.3, -0.25) is 14.6 Å². The van der Waals surface area contributed by atoms with Crippen molar-refractivity contribution in [3.63, 3.8) is 0 Å². The maximum absolute atomic E-state index is 11.9. The predicted octanol–water partition coefficient (Wildman–Crippen LogP) is 2.32. The molecule has 3 rings (SSSR count). The molecule has 21 heavy (non-hydrogen) atoms. The molecule has 0 amide bonds. The molecule has 5 nitrogen and oxygen atoms in total. The summed E-state index contributed by atoms with van der Waals surface area (Å²) in [5.74, 6) is 0. The molecule has 0 saturated heterocycles. The summed E-state index contributed by atoms with van der Waals surface area (Å²) in [7, 11) is 3.54. The topological polar surface area (TPSA) is 51.3 Å². The molecule has 0 unspecified atom stereocenters. The summed E-state index contributed by atoms with van der Waals surface area (Å²) in [5, 5.41) is 4.21. The van der Waals surface area contributed by atoms with Crippen LogP contribution in [0.1, 0.15) is 5.56 Å². The van der Waals surface area contributed by atoms with Crippen LogP contribution in [-0.2, 0) is 14.1 Å². The maximum Gasteiger partial charge on any atom is 0.328 e. The van der Waals surface area contributed by atoms with Gasteiger partial charge in [-0.2, -0.15) is 5.10 Å². The molecule has 0 spiro atoms. The minimum atomic E-state index is -0.0264. The Hall–Kier alpha value is -2.82. The van der Waals surface area contributed by atoms with Crippen LogP contribution >= 0.6 is 0 Å². The number of nitrogens with zero attached hydrogens (tertiary/aromatic N) is 3. The largest absolute Gasteiger partial charge is 0.328 e. The number of hydrazone groups is 1. The van der Waals surface area contributed by atoms with Crippen molar-refractivity contribution in [3.05, 3.63) is 64.6 Å². The van der Waals surface area contributed by atoms with Gasteiger partial charge in [0.2, 0.25) is 0 Å². The van der Waals surface area contributed by atoms with Crippen LogP contribution in [0, 0.1) is 0 Å². The lowest BCUT2D eigenvalue weighted by Gasteiger charge is -1.99. The fourth-order valence-electron chi connectivity index (χ4n) is 2.30. The van der Waals surface area contributed by atoms with E-state index in [9.17, 15) is 4.79 Å². The Labute approximate surface area is 122 Å². The molecule has 0 fully saturated rings. The molecule has 3 aromatic rings. The summed E-state index contributed by atoms with van der Waals surface area (Å²) >= 11 is 0. The molecule has 0 saturated carbocycles. The lowest BCUT2D eigenvalue weighted by atomic mass is 10.2. The molecule has 1 N–H and O–H groups in total. The quantitative estimate of drug-likeness (QED) is 0.591. The minimum absolute atomic E-state index is 0.0264. The van der Waals surface area contributed by atoms with Gasteiger partial charge in [0.25, 0.3) is 0 Å². The summed E-state index contributed by atoms with van der Waals surface area (Å²) in [5.41, 5.74) is 6.62. The van der Waals surface area contributed by atoms with Gasteiger partial charge in [0.1, 0.15) is 0 Å². The molecule has 0 aliphatic carbocycles. The number of fused-ring (bicyclic) bond motifs is 1. The van der Waals surface area contributed by atoms with Crippen molar-refractivity contribution < 1.29 is 0 Å². The molecule has 0 aliphatic rings. The number of benzene rings is 2. The van der Waals surface area contributed by atoms with Gasteiger partial charge in [-0.05, 0) is 29.8 Å². The maximum atomic E-state index is 11.9. The van der Waals surface area contributed by atoms with Crippen LogP contribution in [-0.4, -0.2) is 15.3 Å². The number of hydrogen-bond donors (Lipinski definition) is 1. The second-order valence-corrected chi connectivity index (χ2v) is 4.88. The zero-order chi connectivity index (χ0) is 14.8. The third kappa shape index (κ3) is 2.45. The number of aromatic nitrogens is 2. The Bertz CT molecular complexity index is 859. The smallest absolute Gasteiger partial charge is 0.295 e. The van der Waals surface area contributed by atoms with Gasteiger partial charge < -0.3 is 0 Å². The lowest BCUT2D eigenvalue weighted by Crippen LogP contribution is -2.19. The molecule has 2 aromatic carbocycles. The molecule has 0 atom stereocenters. The number of hydrogen-bond acceptors (Lipinski definition) is 3. The fourth-order valence-corrected chi connectivity index (χ4v) is 2.30. The van der Waals surface area contributed by atoms with Crippen LogP contribution < -0.4 is 11.1 Å². The van der Waals surface area contributed by atoms with E-state index >= 15 is 0 Å². The van der Waals surface area contributed by atoms with E-state index in [0.717, 1.165) is 22.3 Å². The standard InChI is InChI=1S/C16H16N4O/c1-19-14-9-8-12(10-15(14)20(2)16(19)21)11-17-18-13-6-4-3-5-7-13/h3-11,18H,1-2H3/b17-11-. The molecule has 1 aromatic heterocycles. The SMILES string of the molecule is Cn1c(=O)n(C)c2cc(/C=N\Nc3ccccc3)ccc21. The second-order valence-electron chi connectivity index (χ2n) is 4.88. The van der Waals surface area contributed by atoms with E-state index in [1.54, 1.807) is 29.4 Å². The first-order valence-electron chi connectivity index (χ1n) is 6.66. The lowest BCUT2D eigenvalue weighted by molar-refractivity contribution is 0.795. The molecule has 0 radical (unpaired) electrons. The van der Waals surface area contributed by atoms with Crippen molar-refractivity contribution in [1.29, 1.82) is 0 Å². The van der Waals surface area contributed by atoms with Crippen molar-refractivity contribution in [3.8, 4) is 0 Å². The molecular formula is C16H16N4O. The number of nitrogens with one attached hydrogen (secondary N) is 1. The zero-order valence-corrected chi connectivity index (χ0v) is 11.9. The summed E-state index contributed by atoms with van der Waals surface area (Å²) in [6.45, 7) is 0. The molecule has 106 valence electrons. The first-order valence-corrected chi connectivity index (χ1v) is 6.66. The van der Waals surface area contributed by atoms with Crippen LogP contribution in [0.4, 0.5) is 5.69 Å². The van der Waals surface area contributed by atoms with Crippen LogP contribution in [0.25, 0.3) is 11.0 Å². The first-order chi connectivity index (χ1) is 10.2. The number of rotatable bonds is 3. The third-order valence-corrected chi connectivity index (χ3v) is 3.48. The van der Waals surface area contributed by atoms with E-state index in [0.29, 0.717) is 0 Å². The van der Waals surface area contributed by atoms with E-state index < -0.39 is 0 Å². The van der Waals surface area contributed by atoms with E-state index in [4.69, 9.17) is 0 Å². The van der Waals surface area contributed by atoms with Gasteiger partial charge in [-0.15, -0.1) is 0 Å². The Balaban J connectivity index is 1.88. The third-order valence-electron chi connectivity index (χ3n) is 3.48. The fraction of sp³-hybridized carbons (Fsp3) is 0.125. The van der Waals surface area contributed by atoms with E-state index in [-0.39, 0.29) is 5.69 Å². The minimum Gasteiger partial charge on any atom is -0.295 e. The van der Waals surface area contributed by atoms with E-state index in [1.165, 1.54) is 0 Å². The van der Waals surface area contributed by atoms with Crippen LogP contribution in [0.15, 0.2) is 58.4 Å². The van der Waals surface area contributed by atoms with Gasteiger partial charge in [-0.1, -0.05) is 24.3 Å². The zero-order valence-electron chi connectivity index (χ0n) is 11.9. The summed E-state index contributed by atoms with van der Waals surface area (Å²) in [6, 6.07) is 15.6. The Morgan fingerprint density at radius 3 is 2.48 bits per heavy atom. The number of aryl methyl sites for hydroxylation is 2. The van der Waals surface area contributed by atoms with Gasteiger partial charge in [-0.25, -0.2) is 4.79 Å². The monoisotopic (exact) mass is 280 g/mol. The van der Waals surface area contributed by atoms with Crippen molar-refractivity contribution in [1.82, 2.24) is 9.13 Å². The van der Waals surface area contributed by atoms with Crippen LogP contribution in [0.5, 0.6) is 0 Å². The Kier molecular flexibility index (Phi) is 3.31. The molecule has 1 heterocycles. The van der Waals surface area contributed by atoms with Gasteiger partial charge in [0, 0.05) is 14.1 Å². The van der Waals surface area contributed by atoms with Crippen molar-refractivity contribution in [2.45, 2.75) is 0 Å². The number of anilines is 1.